The molecule has 3 nitrogen and oxygen atoms in total. The molecule has 3 rings (SSSR count). The first-order valence-corrected chi connectivity index (χ1v) is 10.7. The molecule has 0 aliphatic rings. The molecule has 0 aliphatic heterocycles. The summed E-state index contributed by atoms with van der Waals surface area (Å²) in [5.41, 5.74) is 2.96. The van der Waals surface area contributed by atoms with Crippen LogP contribution in [0.5, 0.6) is 0 Å². The van der Waals surface area contributed by atoms with E-state index < -0.39 is 0 Å². The van der Waals surface area contributed by atoms with Gasteiger partial charge < -0.3 is 4.74 Å². The predicted molar refractivity (Wildman–Crippen MR) is 114 cm³/mol. The minimum atomic E-state index is -0.294. The second-order valence-corrected chi connectivity index (χ2v) is 8.01. The van der Waals surface area contributed by atoms with Crippen molar-refractivity contribution < 1.29 is 9.53 Å². The molecule has 142 valence electrons. The number of aromatic nitrogens is 1. The van der Waals surface area contributed by atoms with E-state index in [4.69, 9.17) is 21.3 Å². The van der Waals surface area contributed by atoms with Crippen LogP contribution in [0.3, 0.4) is 0 Å². The number of halogens is 1. The van der Waals surface area contributed by atoms with Crippen LogP contribution >= 0.6 is 22.9 Å². The molecule has 0 aliphatic carbocycles. The van der Waals surface area contributed by atoms with Crippen molar-refractivity contribution in [2.75, 3.05) is 6.61 Å². The van der Waals surface area contributed by atoms with Gasteiger partial charge >= 0.3 is 5.97 Å². The van der Waals surface area contributed by atoms with Crippen molar-refractivity contribution in [1.82, 2.24) is 4.98 Å². The highest BCUT2D eigenvalue weighted by Gasteiger charge is 2.17. The van der Waals surface area contributed by atoms with Crippen LogP contribution in [0, 0.1) is 6.92 Å². The maximum absolute atomic E-state index is 12.8. The van der Waals surface area contributed by atoms with Gasteiger partial charge in [0, 0.05) is 10.4 Å². The zero-order valence-electron chi connectivity index (χ0n) is 15.8. The number of ether oxygens (including phenoxy) is 1. The van der Waals surface area contributed by atoms with Crippen LogP contribution in [0.1, 0.15) is 54.9 Å². The molecular formula is C22H24ClNO2S. The summed E-state index contributed by atoms with van der Waals surface area (Å²) < 4.78 is 5.56. The fraction of sp³-hybridized carbons (Fsp3) is 0.364. The molecule has 1 aromatic carbocycles. The molecule has 0 bridgehead atoms. The standard InChI is InChI=1S/C22H24ClNO2S/c1-3-4-5-6-7-12-26-22(25)17-14-19(20-9-8-13-27-20)24-21-15(2)18(23)11-10-16(17)21/h8-11,13-14H,3-7,12H2,1-2H3. The normalized spacial score (nSPS) is 11.1. The molecule has 2 aromatic heterocycles. The number of esters is 1. The molecule has 0 amide bonds. The lowest BCUT2D eigenvalue weighted by Gasteiger charge is -2.11. The average molecular weight is 402 g/mol. The number of nitrogens with zero attached hydrogens (tertiary/aromatic N) is 1. The first kappa shape index (κ1) is 19.8. The van der Waals surface area contributed by atoms with Gasteiger partial charge in [-0.15, -0.1) is 11.3 Å². The Hall–Kier alpha value is -1.91. The van der Waals surface area contributed by atoms with Crippen molar-refractivity contribution in [3.8, 4) is 10.6 Å². The van der Waals surface area contributed by atoms with E-state index in [0.717, 1.165) is 39.9 Å². The van der Waals surface area contributed by atoms with Crippen LogP contribution in [0.25, 0.3) is 21.5 Å². The smallest absolute Gasteiger partial charge is 0.338 e. The maximum atomic E-state index is 12.8. The summed E-state index contributed by atoms with van der Waals surface area (Å²) in [6.45, 7) is 4.57. The van der Waals surface area contributed by atoms with Crippen molar-refractivity contribution >= 4 is 39.8 Å². The predicted octanol–water partition coefficient (Wildman–Crippen LogP) is 7.05. The number of unbranched alkanes of at least 4 members (excludes halogenated alkanes) is 4. The Balaban J connectivity index is 1.89. The SMILES string of the molecule is CCCCCCCOC(=O)c1cc(-c2cccs2)nc2c(C)c(Cl)ccc12. The Morgan fingerprint density at radius 1 is 1.19 bits per heavy atom. The fourth-order valence-corrected chi connectivity index (χ4v) is 3.91. The molecule has 0 N–H and O–H groups in total. The molecule has 0 saturated carbocycles. The third-order valence-corrected chi connectivity index (χ3v) is 5.94. The van der Waals surface area contributed by atoms with Gasteiger partial charge in [0.2, 0.25) is 0 Å². The molecule has 0 radical (unpaired) electrons. The number of aryl methyl sites for hydroxylation is 1. The van der Waals surface area contributed by atoms with E-state index in [9.17, 15) is 4.79 Å². The lowest BCUT2D eigenvalue weighted by atomic mass is 10.0. The van der Waals surface area contributed by atoms with Crippen LogP contribution in [0.4, 0.5) is 0 Å². The van der Waals surface area contributed by atoms with Gasteiger partial charge in [-0.1, -0.05) is 56.3 Å². The van der Waals surface area contributed by atoms with E-state index in [-0.39, 0.29) is 5.97 Å². The van der Waals surface area contributed by atoms with E-state index in [1.807, 2.05) is 42.6 Å². The van der Waals surface area contributed by atoms with E-state index >= 15 is 0 Å². The first-order valence-electron chi connectivity index (χ1n) is 9.42. The zero-order chi connectivity index (χ0) is 19.2. The third-order valence-electron chi connectivity index (χ3n) is 4.64. The molecule has 0 unspecified atom stereocenters. The second kappa shape index (κ2) is 9.34. The molecule has 5 heteroatoms. The van der Waals surface area contributed by atoms with Gasteiger partial charge in [0.15, 0.2) is 0 Å². The van der Waals surface area contributed by atoms with Gasteiger partial charge in [-0.05, 0) is 42.5 Å². The number of hydrogen-bond donors (Lipinski definition) is 0. The van der Waals surface area contributed by atoms with Crippen molar-refractivity contribution in [2.45, 2.75) is 46.0 Å². The van der Waals surface area contributed by atoms with E-state index in [2.05, 4.69) is 6.92 Å². The van der Waals surface area contributed by atoms with Crippen molar-refractivity contribution in [3.05, 3.63) is 51.9 Å². The Morgan fingerprint density at radius 3 is 2.74 bits per heavy atom. The van der Waals surface area contributed by atoms with Crippen LogP contribution in [0.15, 0.2) is 35.7 Å². The number of pyridine rings is 1. The lowest BCUT2D eigenvalue weighted by Crippen LogP contribution is -2.08. The molecule has 27 heavy (non-hydrogen) atoms. The average Bonchev–Trinajstić information content (AvgIpc) is 3.21. The van der Waals surface area contributed by atoms with E-state index in [1.165, 1.54) is 19.3 Å². The zero-order valence-corrected chi connectivity index (χ0v) is 17.3. The molecule has 0 fully saturated rings. The maximum Gasteiger partial charge on any atom is 0.338 e. The largest absolute Gasteiger partial charge is 0.462 e. The van der Waals surface area contributed by atoms with Crippen LogP contribution in [-0.4, -0.2) is 17.6 Å². The number of thiophene rings is 1. The van der Waals surface area contributed by atoms with Gasteiger partial charge in [-0.2, -0.15) is 0 Å². The van der Waals surface area contributed by atoms with Gasteiger partial charge in [0.25, 0.3) is 0 Å². The number of rotatable bonds is 8. The number of carbonyl (C=O) groups is 1. The summed E-state index contributed by atoms with van der Waals surface area (Å²) in [7, 11) is 0. The fourth-order valence-electron chi connectivity index (χ4n) is 3.07. The Kier molecular flexibility index (Phi) is 6.86. The van der Waals surface area contributed by atoms with Crippen LogP contribution in [0.2, 0.25) is 5.02 Å². The van der Waals surface area contributed by atoms with Crippen LogP contribution < -0.4 is 0 Å². The van der Waals surface area contributed by atoms with Crippen molar-refractivity contribution in [3.63, 3.8) is 0 Å². The van der Waals surface area contributed by atoms with Gasteiger partial charge in [-0.3, -0.25) is 0 Å². The second-order valence-electron chi connectivity index (χ2n) is 6.65. The highest BCUT2D eigenvalue weighted by atomic mass is 35.5. The molecule has 0 saturated heterocycles. The summed E-state index contributed by atoms with van der Waals surface area (Å²) in [6.07, 6.45) is 5.61. The van der Waals surface area contributed by atoms with Crippen molar-refractivity contribution in [2.24, 2.45) is 0 Å². The summed E-state index contributed by atoms with van der Waals surface area (Å²) in [6, 6.07) is 9.48. The quantitative estimate of drug-likeness (QED) is 0.299. The summed E-state index contributed by atoms with van der Waals surface area (Å²) in [5.74, 6) is -0.294. The summed E-state index contributed by atoms with van der Waals surface area (Å²) in [5, 5.41) is 3.43. The third kappa shape index (κ3) is 4.69. The van der Waals surface area contributed by atoms with E-state index in [0.29, 0.717) is 17.2 Å². The first-order chi connectivity index (χ1) is 13.1. The molecular weight excluding hydrogens is 378 g/mol. The Labute approximate surface area is 169 Å². The number of benzene rings is 1. The summed E-state index contributed by atoms with van der Waals surface area (Å²) >= 11 is 7.88. The number of fused-ring (bicyclic) bond motifs is 1. The minimum Gasteiger partial charge on any atom is -0.462 e. The van der Waals surface area contributed by atoms with Crippen molar-refractivity contribution in [1.29, 1.82) is 0 Å². The lowest BCUT2D eigenvalue weighted by molar-refractivity contribution is 0.0500. The Bertz CT molecular complexity index is 922. The Morgan fingerprint density at radius 2 is 2.00 bits per heavy atom. The van der Waals surface area contributed by atoms with Gasteiger partial charge in [0.05, 0.1) is 28.3 Å². The minimum absolute atomic E-state index is 0.294. The molecule has 2 heterocycles. The molecule has 3 aromatic rings. The highest BCUT2D eigenvalue weighted by Crippen LogP contribution is 2.32. The highest BCUT2D eigenvalue weighted by molar-refractivity contribution is 7.13. The monoisotopic (exact) mass is 401 g/mol. The molecule has 0 spiro atoms. The number of carbonyl (C=O) groups excluding carboxylic acids is 1. The topological polar surface area (TPSA) is 39.2 Å². The van der Waals surface area contributed by atoms with Gasteiger partial charge in [0.1, 0.15) is 0 Å². The van der Waals surface area contributed by atoms with E-state index in [1.54, 1.807) is 11.3 Å². The van der Waals surface area contributed by atoms with Crippen LogP contribution in [-0.2, 0) is 4.74 Å². The van der Waals surface area contributed by atoms with Gasteiger partial charge in [-0.25, -0.2) is 9.78 Å². The number of hydrogen-bond acceptors (Lipinski definition) is 4. The summed E-state index contributed by atoms with van der Waals surface area (Å²) in [4.78, 5) is 18.6. The molecule has 0 atom stereocenters.